The van der Waals surface area contributed by atoms with Gasteiger partial charge in [0, 0.05) is 6.04 Å². The fourth-order valence-electron chi connectivity index (χ4n) is 2.81. The van der Waals surface area contributed by atoms with Gasteiger partial charge in [0.2, 0.25) is 0 Å². The summed E-state index contributed by atoms with van der Waals surface area (Å²) in [6.07, 6.45) is 1.40. The molecule has 3 nitrogen and oxygen atoms in total. The van der Waals surface area contributed by atoms with Gasteiger partial charge in [-0.15, -0.1) is 0 Å². The average Bonchev–Trinajstić information content (AvgIpc) is 2.71. The highest BCUT2D eigenvalue weighted by molar-refractivity contribution is 7.92. The highest BCUT2D eigenvalue weighted by Crippen LogP contribution is 2.35. The molecule has 100 valence electrons. The van der Waals surface area contributed by atoms with Gasteiger partial charge in [-0.25, -0.2) is 12.8 Å². The molecule has 0 aromatic heterocycles. The molecule has 1 aromatic carbocycles. The molecule has 5 heteroatoms. The maximum absolute atomic E-state index is 13.6. The normalized spacial score (nSPS) is 28.5. The van der Waals surface area contributed by atoms with Crippen molar-refractivity contribution in [3.63, 3.8) is 0 Å². The Morgan fingerprint density at radius 1 is 1.28 bits per heavy atom. The Hall–Kier alpha value is -0.940. The summed E-state index contributed by atoms with van der Waals surface area (Å²) in [5.74, 6) is -0.655. The van der Waals surface area contributed by atoms with Gasteiger partial charge in [-0.05, 0) is 37.9 Å². The molecule has 0 amide bonds. The van der Waals surface area contributed by atoms with Crippen molar-refractivity contribution in [2.45, 2.75) is 36.0 Å². The molecular formula is C13H18FNO2S. The van der Waals surface area contributed by atoms with Crippen LogP contribution in [0.2, 0.25) is 0 Å². The quantitative estimate of drug-likeness (QED) is 0.914. The van der Waals surface area contributed by atoms with Gasteiger partial charge < -0.3 is 5.32 Å². The van der Waals surface area contributed by atoms with Crippen molar-refractivity contribution in [3.8, 4) is 0 Å². The highest BCUT2D eigenvalue weighted by Gasteiger charge is 2.41. The van der Waals surface area contributed by atoms with Crippen molar-refractivity contribution in [2.75, 3.05) is 7.05 Å². The van der Waals surface area contributed by atoms with Crippen LogP contribution in [0.3, 0.4) is 0 Å². The topological polar surface area (TPSA) is 46.2 Å². The fourth-order valence-corrected chi connectivity index (χ4v) is 4.95. The molecule has 0 saturated heterocycles. The lowest BCUT2D eigenvalue weighted by Crippen LogP contribution is -2.34. The van der Waals surface area contributed by atoms with Crippen molar-refractivity contribution in [1.82, 2.24) is 5.32 Å². The summed E-state index contributed by atoms with van der Waals surface area (Å²) >= 11 is 0. The second kappa shape index (κ2) is 4.97. The molecule has 3 unspecified atom stereocenters. The summed E-state index contributed by atoms with van der Waals surface area (Å²) in [6, 6.07) is 5.80. The van der Waals surface area contributed by atoms with Gasteiger partial charge >= 0.3 is 0 Å². The number of rotatable bonds is 3. The predicted molar refractivity (Wildman–Crippen MR) is 68.6 cm³/mol. The number of hydrogen-bond donors (Lipinski definition) is 1. The molecule has 0 spiro atoms. The number of sulfone groups is 1. The van der Waals surface area contributed by atoms with E-state index in [-0.39, 0.29) is 16.9 Å². The molecule has 1 fully saturated rings. The van der Waals surface area contributed by atoms with Gasteiger partial charge in [0.05, 0.1) is 5.25 Å². The Labute approximate surface area is 107 Å². The lowest BCUT2D eigenvalue weighted by molar-refractivity contribution is 0.452. The van der Waals surface area contributed by atoms with Crippen molar-refractivity contribution in [2.24, 2.45) is 5.92 Å². The highest BCUT2D eigenvalue weighted by atomic mass is 32.2. The smallest absolute Gasteiger partial charge is 0.184 e. The molecule has 1 N–H and O–H groups in total. The van der Waals surface area contributed by atoms with Crippen molar-refractivity contribution in [3.05, 3.63) is 30.1 Å². The van der Waals surface area contributed by atoms with Gasteiger partial charge in [0.25, 0.3) is 0 Å². The lowest BCUT2D eigenvalue weighted by Gasteiger charge is -2.20. The van der Waals surface area contributed by atoms with Gasteiger partial charge in [-0.3, -0.25) is 0 Å². The number of hydrogen-bond acceptors (Lipinski definition) is 3. The SMILES string of the molecule is CNC1CCC(S(=O)(=O)c2ccccc2F)C1C. The molecule has 0 bridgehead atoms. The van der Waals surface area contributed by atoms with Crippen molar-refractivity contribution >= 4 is 9.84 Å². The summed E-state index contributed by atoms with van der Waals surface area (Å²) in [5.41, 5.74) is 0. The Morgan fingerprint density at radius 3 is 2.50 bits per heavy atom. The first kappa shape index (κ1) is 13.5. The zero-order valence-corrected chi connectivity index (χ0v) is 11.4. The van der Waals surface area contributed by atoms with Crippen molar-refractivity contribution in [1.29, 1.82) is 0 Å². The van der Waals surface area contributed by atoms with Crippen LogP contribution in [0.4, 0.5) is 4.39 Å². The summed E-state index contributed by atoms with van der Waals surface area (Å²) in [5, 5.41) is 2.63. The minimum Gasteiger partial charge on any atom is -0.317 e. The molecule has 18 heavy (non-hydrogen) atoms. The molecule has 1 aromatic rings. The Bertz CT molecular complexity index is 530. The van der Waals surface area contributed by atoms with E-state index in [2.05, 4.69) is 5.32 Å². The van der Waals surface area contributed by atoms with E-state index in [4.69, 9.17) is 0 Å². The molecule has 0 aliphatic heterocycles. The minimum absolute atomic E-state index is 0.000365. The van der Waals surface area contributed by atoms with Crippen LogP contribution in [0, 0.1) is 11.7 Å². The maximum atomic E-state index is 13.6. The Morgan fingerprint density at radius 2 is 1.94 bits per heavy atom. The zero-order valence-electron chi connectivity index (χ0n) is 10.6. The van der Waals surface area contributed by atoms with E-state index in [1.807, 2.05) is 14.0 Å². The van der Waals surface area contributed by atoms with Crippen molar-refractivity contribution < 1.29 is 12.8 Å². The van der Waals surface area contributed by atoms with E-state index in [9.17, 15) is 12.8 Å². The van der Waals surface area contributed by atoms with E-state index in [0.29, 0.717) is 6.42 Å². The second-order valence-corrected chi connectivity index (χ2v) is 6.98. The second-order valence-electron chi connectivity index (χ2n) is 4.85. The first-order valence-electron chi connectivity index (χ1n) is 6.14. The van der Waals surface area contributed by atoms with Gasteiger partial charge in [-0.2, -0.15) is 0 Å². The molecule has 1 aliphatic rings. The predicted octanol–water partition coefficient (Wildman–Crippen LogP) is 1.99. The van der Waals surface area contributed by atoms with E-state index < -0.39 is 20.9 Å². The van der Waals surface area contributed by atoms with Crippen LogP contribution < -0.4 is 5.32 Å². The molecule has 0 radical (unpaired) electrons. The van der Waals surface area contributed by atoms with E-state index in [1.165, 1.54) is 18.2 Å². The van der Waals surface area contributed by atoms with Crippen LogP contribution in [-0.4, -0.2) is 26.8 Å². The van der Waals surface area contributed by atoms with Crippen LogP contribution in [0.25, 0.3) is 0 Å². The number of nitrogens with one attached hydrogen (secondary N) is 1. The summed E-state index contributed by atoms with van der Waals surface area (Å²) in [4.78, 5) is -0.168. The summed E-state index contributed by atoms with van der Waals surface area (Å²) in [6.45, 7) is 1.91. The third-order valence-corrected chi connectivity index (χ3v) is 6.30. The Kier molecular flexibility index (Phi) is 3.73. The minimum atomic E-state index is -3.58. The summed E-state index contributed by atoms with van der Waals surface area (Å²) in [7, 11) is -1.74. The third kappa shape index (κ3) is 2.17. The Balaban J connectivity index is 2.36. The van der Waals surface area contributed by atoms with Gasteiger partial charge in [0.1, 0.15) is 10.7 Å². The average molecular weight is 271 g/mol. The van der Waals surface area contributed by atoms with Crippen LogP contribution in [0.15, 0.2) is 29.2 Å². The zero-order chi connectivity index (χ0) is 13.3. The maximum Gasteiger partial charge on any atom is 0.184 e. The largest absolute Gasteiger partial charge is 0.317 e. The lowest BCUT2D eigenvalue weighted by atomic mass is 10.1. The first-order chi connectivity index (χ1) is 8.48. The van der Waals surface area contributed by atoms with Crippen LogP contribution in [0.5, 0.6) is 0 Å². The van der Waals surface area contributed by atoms with Crippen LogP contribution >= 0.6 is 0 Å². The monoisotopic (exact) mass is 271 g/mol. The van der Waals surface area contributed by atoms with Crippen LogP contribution in [-0.2, 0) is 9.84 Å². The van der Waals surface area contributed by atoms with E-state index in [1.54, 1.807) is 6.07 Å². The first-order valence-corrected chi connectivity index (χ1v) is 7.69. The molecule has 1 aliphatic carbocycles. The molecule has 1 saturated carbocycles. The standard InChI is InChI=1S/C13H18FNO2S/c1-9-11(15-2)7-8-12(9)18(16,17)13-6-4-3-5-10(13)14/h3-6,9,11-12,15H,7-8H2,1-2H3. The number of halogens is 1. The molecular weight excluding hydrogens is 253 g/mol. The number of benzene rings is 1. The molecule has 0 heterocycles. The van der Waals surface area contributed by atoms with E-state index in [0.717, 1.165) is 6.42 Å². The molecule has 3 atom stereocenters. The molecule has 2 rings (SSSR count). The summed E-state index contributed by atoms with van der Waals surface area (Å²) < 4.78 is 38.6. The van der Waals surface area contributed by atoms with Gasteiger partial charge in [-0.1, -0.05) is 19.1 Å². The van der Waals surface area contributed by atoms with E-state index >= 15 is 0 Å². The van der Waals surface area contributed by atoms with Crippen LogP contribution in [0.1, 0.15) is 19.8 Å². The van der Waals surface area contributed by atoms with Gasteiger partial charge in [0.15, 0.2) is 9.84 Å². The fraction of sp³-hybridized carbons (Fsp3) is 0.538. The third-order valence-electron chi connectivity index (χ3n) is 3.90.